The fraction of sp³-hybridized carbons (Fsp3) is 0.500. The van der Waals surface area contributed by atoms with E-state index < -0.39 is 0 Å². The van der Waals surface area contributed by atoms with E-state index in [-0.39, 0.29) is 5.97 Å². The van der Waals surface area contributed by atoms with Crippen molar-refractivity contribution in [2.75, 3.05) is 6.61 Å². The summed E-state index contributed by atoms with van der Waals surface area (Å²) in [5.41, 5.74) is 1.83. The number of esters is 1. The minimum Gasteiger partial charge on any atom is -0.463 e. The van der Waals surface area contributed by atoms with Crippen molar-refractivity contribution in [1.82, 2.24) is 0 Å². The molecule has 0 aliphatic heterocycles. The van der Waals surface area contributed by atoms with Crippen LogP contribution < -0.4 is 0 Å². The van der Waals surface area contributed by atoms with E-state index in [0.717, 1.165) is 24.0 Å². The van der Waals surface area contributed by atoms with Crippen molar-refractivity contribution in [3.63, 3.8) is 0 Å². The number of carbonyl (C=O) groups is 1. The minimum absolute atomic E-state index is 0.265. The molecular formula is C12H18O2. The van der Waals surface area contributed by atoms with E-state index in [0.29, 0.717) is 6.61 Å². The first-order valence-corrected chi connectivity index (χ1v) is 4.82. The lowest BCUT2D eigenvalue weighted by Crippen LogP contribution is -2.00. The Morgan fingerprint density at radius 2 is 2.07 bits per heavy atom. The third-order valence-corrected chi connectivity index (χ3v) is 1.66. The summed E-state index contributed by atoms with van der Waals surface area (Å²) in [4.78, 5) is 11.0. The summed E-state index contributed by atoms with van der Waals surface area (Å²) < 4.78 is 4.78. The van der Waals surface area contributed by atoms with Gasteiger partial charge in [0.05, 0.1) is 6.61 Å². The molecule has 0 aromatic carbocycles. The summed E-state index contributed by atoms with van der Waals surface area (Å²) in [6, 6.07) is 0. The average molecular weight is 194 g/mol. The fourth-order valence-electron chi connectivity index (χ4n) is 0.985. The van der Waals surface area contributed by atoms with E-state index in [1.807, 2.05) is 19.9 Å². The predicted molar refractivity (Wildman–Crippen MR) is 57.7 cm³/mol. The van der Waals surface area contributed by atoms with Crippen molar-refractivity contribution in [3.8, 4) is 0 Å². The number of hydrogen-bond donors (Lipinski definition) is 0. The molecular weight excluding hydrogens is 176 g/mol. The van der Waals surface area contributed by atoms with Crippen LogP contribution in [-0.2, 0) is 9.53 Å². The highest BCUT2D eigenvalue weighted by molar-refractivity contribution is 5.82. The Kier molecular flexibility index (Phi) is 6.81. The van der Waals surface area contributed by atoms with Gasteiger partial charge in [0.1, 0.15) is 0 Å². The van der Waals surface area contributed by atoms with Gasteiger partial charge in [-0.1, -0.05) is 17.2 Å². The van der Waals surface area contributed by atoms with Gasteiger partial charge in [-0.25, -0.2) is 4.79 Å². The lowest BCUT2D eigenvalue weighted by Gasteiger charge is -1.99. The molecule has 0 atom stereocenters. The molecule has 0 rings (SSSR count). The number of hydrogen-bond acceptors (Lipinski definition) is 2. The molecule has 0 aromatic rings. The van der Waals surface area contributed by atoms with Crippen LogP contribution in [0.15, 0.2) is 23.3 Å². The summed E-state index contributed by atoms with van der Waals surface area (Å²) in [6.07, 6.45) is 5.18. The Hall–Kier alpha value is -1.05. The number of carbonyl (C=O) groups excluding carboxylic acids is 1. The summed E-state index contributed by atoms with van der Waals surface area (Å²) in [5, 5.41) is 0. The molecule has 0 spiro atoms. The maximum absolute atomic E-state index is 11.0. The van der Waals surface area contributed by atoms with Gasteiger partial charge in [-0.3, -0.25) is 0 Å². The number of rotatable bonds is 5. The Morgan fingerprint density at radius 3 is 2.57 bits per heavy atom. The van der Waals surface area contributed by atoms with Gasteiger partial charge in [-0.05, 0) is 40.5 Å². The van der Waals surface area contributed by atoms with Crippen LogP contribution >= 0.6 is 0 Å². The molecule has 0 unspecified atom stereocenters. The minimum atomic E-state index is -0.265. The van der Waals surface area contributed by atoms with E-state index in [4.69, 9.17) is 11.7 Å². The van der Waals surface area contributed by atoms with Crippen molar-refractivity contribution in [1.29, 1.82) is 0 Å². The third-order valence-electron chi connectivity index (χ3n) is 1.66. The molecule has 14 heavy (non-hydrogen) atoms. The third kappa shape index (κ3) is 7.59. The molecule has 2 heteroatoms. The SMILES string of the molecule is [CH]/C(C)=C/CC/C(C)=C/C(=O)OCC. The summed E-state index contributed by atoms with van der Waals surface area (Å²) in [5.74, 6) is -0.265. The molecule has 0 aliphatic carbocycles. The quantitative estimate of drug-likeness (QED) is 0.497. The molecule has 0 fully saturated rings. The van der Waals surface area contributed by atoms with Crippen LogP contribution in [0.4, 0.5) is 0 Å². The largest absolute Gasteiger partial charge is 0.463 e. The zero-order valence-electron chi connectivity index (χ0n) is 9.17. The normalized spacial score (nSPS) is 12.9. The zero-order valence-corrected chi connectivity index (χ0v) is 9.17. The van der Waals surface area contributed by atoms with Crippen molar-refractivity contribution in [3.05, 3.63) is 30.2 Å². The maximum atomic E-state index is 11.0. The molecule has 2 nitrogen and oxygen atoms in total. The van der Waals surface area contributed by atoms with Gasteiger partial charge in [-0.2, -0.15) is 0 Å². The molecule has 78 valence electrons. The van der Waals surface area contributed by atoms with Gasteiger partial charge in [0, 0.05) is 6.08 Å². The molecule has 0 heterocycles. The molecule has 0 amide bonds. The van der Waals surface area contributed by atoms with E-state index in [1.165, 1.54) is 6.08 Å². The highest BCUT2D eigenvalue weighted by atomic mass is 16.5. The van der Waals surface area contributed by atoms with E-state index in [2.05, 4.69) is 0 Å². The van der Waals surface area contributed by atoms with E-state index in [1.54, 1.807) is 6.92 Å². The molecule has 0 aliphatic rings. The molecule has 0 aromatic heterocycles. The van der Waals surface area contributed by atoms with Crippen LogP contribution in [0.2, 0.25) is 0 Å². The van der Waals surface area contributed by atoms with Gasteiger partial charge >= 0.3 is 5.97 Å². The topological polar surface area (TPSA) is 26.3 Å². The number of ether oxygens (including phenoxy) is 1. The van der Waals surface area contributed by atoms with Gasteiger partial charge in [-0.15, -0.1) is 0 Å². The first-order valence-electron chi connectivity index (χ1n) is 4.82. The predicted octanol–water partition coefficient (Wildman–Crippen LogP) is 2.93. The monoisotopic (exact) mass is 194 g/mol. The summed E-state index contributed by atoms with van der Waals surface area (Å²) in [6.45, 7) is 11.5. The Morgan fingerprint density at radius 1 is 1.43 bits per heavy atom. The highest BCUT2D eigenvalue weighted by Crippen LogP contribution is 2.06. The summed E-state index contributed by atoms with van der Waals surface area (Å²) in [7, 11) is 0. The second-order valence-corrected chi connectivity index (χ2v) is 3.23. The molecule has 0 saturated heterocycles. The van der Waals surface area contributed by atoms with Crippen LogP contribution in [0.1, 0.15) is 33.6 Å². The standard InChI is InChI=1S/C12H18O2/c1-5-14-12(13)9-11(4)8-6-7-10(2)3/h2,7,9H,5-6,8H2,1,3-4H3/b10-7-,11-9+. The first-order chi connectivity index (χ1) is 6.56. The number of allylic oxidation sites excluding steroid dienone is 3. The van der Waals surface area contributed by atoms with Gasteiger partial charge in [0.25, 0.3) is 0 Å². The zero-order chi connectivity index (χ0) is 11.0. The molecule has 2 radical (unpaired) electrons. The molecule has 0 bridgehead atoms. The van der Waals surface area contributed by atoms with Gasteiger partial charge in [0.15, 0.2) is 0 Å². The lowest BCUT2D eigenvalue weighted by molar-refractivity contribution is -0.137. The molecule has 0 saturated carbocycles. The first kappa shape index (κ1) is 12.9. The average Bonchev–Trinajstić information content (AvgIpc) is 2.03. The smallest absolute Gasteiger partial charge is 0.330 e. The van der Waals surface area contributed by atoms with E-state index in [9.17, 15) is 4.79 Å². The van der Waals surface area contributed by atoms with Crippen LogP contribution in [0.25, 0.3) is 0 Å². The van der Waals surface area contributed by atoms with Crippen molar-refractivity contribution in [2.45, 2.75) is 33.6 Å². The van der Waals surface area contributed by atoms with Crippen LogP contribution in [0.3, 0.4) is 0 Å². The lowest BCUT2D eigenvalue weighted by atomic mass is 10.1. The van der Waals surface area contributed by atoms with Crippen LogP contribution in [0, 0.1) is 6.92 Å². The van der Waals surface area contributed by atoms with Gasteiger partial charge < -0.3 is 4.74 Å². The second kappa shape index (κ2) is 7.36. The van der Waals surface area contributed by atoms with Crippen molar-refractivity contribution in [2.24, 2.45) is 0 Å². The fourth-order valence-corrected chi connectivity index (χ4v) is 0.985. The summed E-state index contributed by atoms with van der Waals surface area (Å²) >= 11 is 0. The highest BCUT2D eigenvalue weighted by Gasteiger charge is 1.96. The maximum Gasteiger partial charge on any atom is 0.330 e. The second-order valence-electron chi connectivity index (χ2n) is 3.23. The van der Waals surface area contributed by atoms with Crippen molar-refractivity contribution < 1.29 is 9.53 Å². The molecule has 0 N–H and O–H groups in total. The van der Waals surface area contributed by atoms with Crippen LogP contribution in [-0.4, -0.2) is 12.6 Å². The van der Waals surface area contributed by atoms with Crippen LogP contribution in [0.5, 0.6) is 0 Å². The van der Waals surface area contributed by atoms with E-state index >= 15 is 0 Å². The van der Waals surface area contributed by atoms with Crippen molar-refractivity contribution >= 4 is 5.97 Å². The Labute approximate surface area is 86.6 Å². The Bertz CT molecular complexity index is 233. The van der Waals surface area contributed by atoms with Gasteiger partial charge in [0.2, 0.25) is 0 Å². The Balaban J connectivity index is 3.89.